The molecule has 1 N–H and O–H groups in total. The van der Waals surface area contributed by atoms with Gasteiger partial charge in [-0.2, -0.15) is 0 Å². The van der Waals surface area contributed by atoms with E-state index >= 15 is 0 Å². The Kier molecular flexibility index (Phi) is 7.53. The highest BCUT2D eigenvalue weighted by atomic mass is 16.5. The van der Waals surface area contributed by atoms with Gasteiger partial charge in [0, 0.05) is 5.56 Å². The van der Waals surface area contributed by atoms with Crippen LogP contribution in [0.3, 0.4) is 0 Å². The predicted molar refractivity (Wildman–Crippen MR) is 115 cm³/mol. The summed E-state index contributed by atoms with van der Waals surface area (Å²) in [5.74, 6) is 2.32. The molecule has 29 heavy (non-hydrogen) atoms. The second-order valence-electron chi connectivity index (χ2n) is 7.75. The average molecular weight is 397 g/mol. The summed E-state index contributed by atoms with van der Waals surface area (Å²) >= 11 is 0. The van der Waals surface area contributed by atoms with Crippen LogP contribution in [0.1, 0.15) is 38.3 Å². The number of amides is 1. The standard InChI is InChI=1S/C24H32N2O3/c1-18(22-11-7-8-12-23(22)28-3)25-24(27)19(2)26-15-13-20(14-16-26)17-29-21-9-5-4-6-10-21/h4-12,18-20H,13-17H2,1-3H3,(H,25,27). The van der Waals surface area contributed by atoms with Gasteiger partial charge < -0.3 is 14.8 Å². The maximum Gasteiger partial charge on any atom is 0.237 e. The minimum Gasteiger partial charge on any atom is -0.496 e. The van der Waals surface area contributed by atoms with E-state index in [1.54, 1.807) is 7.11 Å². The Morgan fingerprint density at radius 3 is 2.41 bits per heavy atom. The Morgan fingerprint density at radius 2 is 1.72 bits per heavy atom. The molecule has 5 heteroatoms. The van der Waals surface area contributed by atoms with Crippen molar-refractivity contribution in [2.75, 3.05) is 26.8 Å². The molecule has 1 fully saturated rings. The first kappa shape index (κ1) is 21.2. The van der Waals surface area contributed by atoms with E-state index in [4.69, 9.17) is 9.47 Å². The lowest BCUT2D eigenvalue weighted by atomic mass is 9.96. The molecule has 5 nitrogen and oxygen atoms in total. The Bertz CT molecular complexity index is 773. The number of hydrogen-bond donors (Lipinski definition) is 1. The highest BCUT2D eigenvalue weighted by Gasteiger charge is 2.28. The maximum absolute atomic E-state index is 12.8. The summed E-state index contributed by atoms with van der Waals surface area (Å²) in [6.07, 6.45) is 2.10. The maximum atomic E-state index is 12.8. The first-order chi connectivity index (χ1) is 14.1. The van der Waals surface area contributed by atoms with Gasteiger partial charge in [0.2, 0.25) is 5.91 Å². The highest BCUT2D eigenvalue weighted by molar-refractivity contribution is 5.81. The van der Waals surface area contributed by atoms with E-state index in [1.807, 2.05) is 68.4 Å². The molecule has 1 aliphatic heterocycles. The number of methoxy groups -OCH3 is 1. The van der Waals surface area contributed by atoms with Gasteiger partial charge in [-0.25, -0.2) is 0 Å². The molecule has 0 radical (unpaired) electrons. The van der Waals surface area contributed by atoms with Crippen LogP contribution in [0.15, 0.2) is 54.6 Å². The number of carbonyl (C=O) groups is 1. The van der Waals surface area contributed by atoms with Crippen molar-refractivity contribution < 1.29 is 14.3 Å². The Balaban J connectivity index is 1.46. The molecule has 0 bridgehead atoms. The Hall–Kier alpha value is -2.53. The van der Waals surface area contributed by atoms with Gasteiger partial charge in [0.05, 0.1) is 25.8 Å². The third-order valence-electron chi connectivity index (χ3n) is 5.77. The topological polar surface area (TPSA) is 50.8 Å². The number of carbonyl (C=O) groups excluding carboxylic acids is 1. The fourth-order valence-corrected chi connectivity index (χ4v) is 3.84. The summed E-state index contributed by atoms with van der Waals surface area (Å²) in [6, 6.07) is 17.5. The summed E-state index contributed by atoms with van der Waals surface area (Å²) in [6.45, 7) is 6.56. The number of benzene rings is 2. The van der Waals surface area contributed by atoms with Crippen LogP contribution in [0.25, 0.3) is 0 Å². The third kappa shape index (κ3) is 5.73. The van der Waals surface area contributed by atoms with Crippen LogP contribution in [0.5, 0.6) is 11.5 Å². The molecule has 2 aromatic carbocycles. The highest BCUT2D eigenvalue weighted by Crippen LogP contribution is 2.25. The molecule has 1 saturated heterocycles. The lowest BCUT2D eigenvalue weighted by molar-refractivity contribution is -0.127. The Morgan fingerprint density at radius 1 is 1.07 bits per heavy atom. The number of para-hydroxylation sites is 2. The van der Waals surface area contributed by atoms with E-state index in [2.05, 4.69) is 10.2 Å². The van der Waals surface area contributed by atoms with Crippen molar-refractivity contribution in [1.29, 1.82) is 0 Å². The molecule has 3 rings (SSSR count). The second-order valence-corrected chi connectivity index (χ2v) is 7.75. The lowest BCUT2D eigenvalue weighted by Gasteiger charge is -2.35. The number of nitrogens with one attached hydrogen (secondary N) is 1. The minimum absolute atomic E-state index is 0.0578. The monoisotopic (exact) mass is 396 g/mol. The van der Waals surface area contributed by atoms with E-state index in [-0.39, 0.29) is 18.0 Å². The largest absolute Gasteiger partial charge is 0.496 e. The van der Waals surface area contributed by atoms with E-state index in [9.17, 15) is 4.79 Å². The third-order valence-corrected chi connectivity index (χ3v) is 5.77. The minimum atomic E-state index is -0.150. The normalized spacial score (nSPS) is 17.3. The summed E-state index contributed by atoms with van der Waals surface area (Å²) in [4.78, 5) is 15.1. The van der Waals surface area contributed by atoms with Crippen LogP contribution in [-0.4, -0.2) is 43.7 Å². The quantitative estimate of drug-likeness (QED) is 0.731. The molecule has 0 aromatic heterocycles. The Labute approximate surface area is 174 Å². The SMILES string of the molecule is COc1ccccc1C(C)NC(=O)C(C)N1CCC(COc2ccccc2)CC1. The van der Waals surface area contributed by atoms with Crippen LogP contribution in [0.4, 0.5) is 0 Å². The van der Waals surface area contributed by atoms with E-state index < -0.39 is 0 Å². The van der Waals surface area contributed by atoms with Crippen molar-refractivity contribution in [2.45, 2.75) is 38.8 Å². The first-order valence-electron chi connectivity index (χ1n) is 10.4. The van der Waals surface area contributed by atoms with Gasteiger partial charge in [-0.1, -0.05) is 36.4 Å². The fourth-order valence-electron chi connectivity index (χ4n) is 3.84. The number of nitrogens with zero attached hydrogens (tertiary/aromatic N) is 1. The zero-order chi connectivity index (χ0) is 20.6. The number of ether oxygens (including phenoxy) is 2. The van der Waals surface area contributed by atoms with Crippen molar-refractivity contribution >= 4 is 5.91 Å². The fraction of sp³-hybridized carbons (Fsp3) is 0.458. The van der Waals surface area contributed by atoms with Crippen molar-refractivity contribution in [3.63, 3.8) is 0 Å². The van der Waals surface area contributed by atoms with E-state index in [1.165, 1.54) is 0 Å². The molecule has 0 saturated carbocycles. The zero-order valence-corrected chi connectivity index (χ0v) is 17.6. The summed E-state index contributed by atoms with van der Waals surface area (Å²) in [5.41, 5.74) is 0.993. The molecule has 2 unspecified atom stereocenters. The van der Waals surface area contributed by atoms with E-state index in [0.29, 0.717) is 5.92 Å². The number of piperidine rings is 1. The molecule has 156 valence electrons. The van der Waals surface area contributed by atoms with Gasteiger partial charge in [-0.3, -0.25) is 9.69 Å². The summed E-state index contributed by atoms with van der Waals surface area (Å²) in [7, 11) is 1.65. The molecule has 1 amide bonds. The molecule has 1 aliphatic rings. The molecule has 1 heterocycles. The predicted octanol–water partition coefficient (Wildman–Crippen LogP) is 4.05. The van der Waals surface area contributed by atoms with Crippen molar-refractivity contribution in [1.82, 2.24) is 10.2 Å². The zero-order valence-electron chi connectivity index (χ0n) is 17.6. The van der Waals surface area contributed by atoms with Gasteiger partial charge in [0.25, 0.3) is 0 Å². The summed E-state index contributed by atoms with van der Waals surface area (Å²) < 4.78 is 11.3. The number of rotatable bonds is 8. The molecule has 0 spiro atoms. The number of hydrogen-bond acceptors (Lipinski definition) is 4. The average Bonchev–Trinajstić information content (AvgIpc) is 2.78. The van der Waals surface area contributed by atoms with Gasteiger partial charge in [0.15, 0.2) is 0 Å². The van der Waals surface area contributed by atoms with Gasteiger partial charge in [-0.15, -0.1) is 0 Å². The van der Waals surface area contributed by atoms with E-state index in [0.717, 1.165) is 49.6 Å². The van der Waals surface area contributed by atoms with Crippen LogP contribution in [0.2, 0.25) is 0 Å². The molecule has 2 atom stereocenters. The molecular formula is C24H32N2O3. The lowest BCUT2D eigenvalue weighted by Crippen LogP contribution is -2.49. The van der Waals surface area contributed by atoms with Crippen LogP contribution in [0, 0.1) is 5.92 Å². The van der Waals surface area contributed by atoms with Crippen LogP contribution >= 0.6 is 0 Å². The smallest absolute Gasteiger partial charge is 0.237 e. The first-order valence-corrected chi connectivity index (χ1v) is 10.4. The van der Waals surface area contributed by atoms with Gasteiger partial charge in [-0.05, 0) is 63.9 Å². The number of likely N-dealkylation sites (tertiary alicyclic amines) is 1. The van der Waals surface area contributed by atoms with Crippen molar-refractivity contribution in [3.8, 4) is 11.5 Å². The second kappa shape index (κ2) is 10.3. The van der Waals surface area contributed by atoms with Gasteiger partial charge in [0.1, 0.15) is 11.5 Å². The van der Waals surface area contributed by atoms with Crippen molar-refractivity contribution in [2.24, 2.45) is 5.92 Å². The summed E-state index contributed by atoms with van der Waals surface area (Å²) in [5, 5.41) is 3.14. The molecule has 0 aliphatic carbocycles. The van der Waals surface area contributed by atoms with Crippen molar-refractivity contribution in [3.05, 3.63) is 60.2 Å². The molecular weight excluding hydrogens is 364 g/mol. The van der Waals surface area contributed by atoms with Crippen LogP contribution < -0.4 is 14.8 Å². The van der Waals surface area contributed by atoms with Crippen LogP contribution in [-0.2, 0) is 4.79 Å². The molecule has 2 aromatic rings. The van der Waals surface area contributed by atoms with Gasteiger partial charge >= 0.3 is 0 Å².